The lowest BCUT2D eigenvalue weighted by molar-refractivity contribution is -0.384. The van der Waals surface area contributed by atoms with Gasteiger partial charge in [0.1, 0.15) is 6.61 Å². The number of benzene rings is 2. The van der Waals surface area contributed by atoms with E-state index in [-0.39, 0.29) is 11.7 Å². The van der Waals surface area contributed by atoms with Crippen LogP contribution in [-0.4, -0.2) is 44.3 Å². The van der Waals surface area contributed by atoms with Crippen molar-refractivity contribution < 1.29 is 19.2 Å². The minimum absolute atomic E-state index is 0.0356. The molecule has 0 heterocycles. The highest BCUT2D eigenvalue weighted by Crippen LogP contribution is 2.25. The van der Waals surface area contributed by atoms with Crippen LogP contribution in [0.5, 0.6) is 11.5 Å². The third-order valence-electron chi connectivity index (χ3n) is 3.53. The van der Waals surface area contributed by atoms with Gasteiger partial charge in [-0.25, -0.2) is 4.79 Å². The number of hydrogen-bond acceptors (Lipinski definition) is 6. The van der Waals surface area contributed by atoms with Crippen LogP contribution in [0.1, 0.15) is 0 Å². The smallest absolute Gasteiger partial charge is 0.314 e. The standard InChI is InChI=1S/C18H22N4O5/c1-26-16-4-2-3-5-17(16)27-13-12-21-18(23)20-11-10-19-14-6-8-15(9-7-14)22(24)25/h2-9,19H,10-13H2,1H3,(H2,20,21,23). The minimum Gasteiger partial charge on any atom is -0.493 e. The number of carbonyl (C=O) groups is 1. The summed E-state index contributed by atoms with van der Waals surface area (Å²) in [6.45, 7) is 1.55. The lowest BCUT2D eigenvalue weighted by atomic mass is 10.3. The van der Waals surface area contributed by atoms with E-state index in [0.29, 0.717) is 37.7 Å². The lowest BCUT2D eigenvalue weighted by Gasteiger charge is -2.11. The van der Waals surface area contributed by atoms with Gasteiger partial charge in [0.25, 0.3) is 5.69 Å². The van der Waals surface area contributed by atoms with E-state index in [1.165, 1.54) is 12.1 Å². The molecule has 144 valence electrons. The Morgan fingerprint density at radius 2 is 1.67 bits per heavy atom. The number of amides is 2. The average molecular weight is 374 g/mol. The molecule has 0 aliphatic rings. The molecule has 0 radical (unpaired) electrons. The Bertz CT molecular complexity index is 752. The molecular weight excluding hydrogens is 352 g/mol. The third-order valence-corrected chi connectivity index (χ3v) is 3.53. The SMILES string of the molecule is COc1ccccc1OCCNC(=O)NCCNc1ccc([N+](=O)[O-])cc1. The molecule has 9 heteroatoms. The second kappa shape index (κ2) is 10.5. The van der Waals surface area contributed by atoms with Gasteiger partial charge in [0.05, 0.1) is 18.6 Å². The van der Waals surface area contributed by atoms with Gasteiger partial charge in [-0.2, -0.15) is 0 Å². The maximum absolute atomic E-state index is 11.7. The second-order valence-corrected chi connectivity index (χ2v) is 5.41. The van der Waals surface area contributed by atoms with Crippen LogP contribution < -0.4 is 25.4 Å². The number of nitro groups is 1. The summed E-state index contributed by atoms with van der Waals surface area (Å²) in [4.78, 5) is 21.8. The van der Waals surface area contributed by atoms with Crippen molar-refractivity contribution in [2.75, 3.05) is 38.7 Å². The Hall–Kier alpha value is -3.49. The molecule has 0 bridgehead atoms. The summed E-state index contributed by atoms with van der Waals surface area (Å²) in [5.74, 6) is 1.26. The molecule has 0 atom stereocenters. The number of para-hydroxylation sites is 2. The first-order chi connectivity index (χ1) is 13.1. The van der Waals surface area contributed by atoms with E-state index < -0.39 is 4.92 Å². The van der Waals surface area contributed by atoms with Crippen LogP contribution in [0.4, 0.5) is 16.2 Å². The molecule has 0 unspecified atom stereocenters. The first kappa shape index (κ1) is 19.8. The van der Waals surface area contributed by atoms with Crippen molar-refractivity contribution in [2.24, 2.45) is 0 Å². The van der Waals surface area contributed by atoms with E-state index in [1.807, 2.05) is 12.1 Å². The molecule has 0 saturated carbocycles. The zero-order valence-corrected chi connectivity index (χ0v) is 14.9. The highest BCUT2D eigenvalue weighted by atomic mass is 16.6. The summed E-state index contributed by atoms with van der Waals surface area (Å²) in [7, 11) is 1.57. The Morgan fingerprint density at radius 3 is 2.33 bits per heavy atom. The van der Waals surface area contributed by atoms with Gasteiger partial charge in [0.15, 0.2) is 11.5 Å². The quantitative estimate of drug-likeness (QED) is 0.334. The summed E-state index contributed by atoms with van der Waals surface area (Å²) in [5.41, 5.74) is 0.779. The van der Waals surface area contributed by atoms with Gasteiger partial charge in [0.2, 0.25) is 0 Å². The molecule has 2 amide bonds. The summed E-state index contributed by atoms with van der Waals surface area (Å²) in [6.07, 6.45) is 0. The summed E-state index contributed by atoms with van der Waals surface area (Å²) < 4.78 is 10.7. The van der Waals surface area contributed by atoms with Crippen molar-refractivity contribution in [1.29, 1.82) is 0 Å². The van der Waals surface area contributed by atoms with Gasteiger partial charge in [-0.1, -0.05) is 12.1 Å². The molecule has 3 N–H and O–H groups in total. The van der Waals surface area contributed by atoms with Crippen LogP contribution in [0, 0.1) is 10.1 Å². The molecule has 0 aromatic heterocycles. The van der Waals surface area contributed by atoms with Gasteiger partial charge in [-0.05, 0) is 24.3 Å². The Balaban J connectivity index is 1.57. The maximum Gasteiger partial charge on any atom is 0.314 e. The van der Waals surface area contributed by atoms with E-state index in [2.05, 4.69) is 16.0 Å². The van der Waals surface area contributed by atoms with Crippen LogP contribution in [0.15, 0.2) is 48.5 Å². The van der Waals surface area contributed by atoms with E-state index in [4.69, 9.17) is 9.47 Å². The first-order valence-corrected chi connectivity index (χ1v) is 8.36. The number of ether oxygens (including phenoxy) is 2. The summed E-state index contributed by atoms with van der Waals surface area (Å²) in [6, 6.07) is 13.1. The van der Waals surface area contributed by atoms with Crippen molar-refractivity contribution in [3.63, 3.8) is 0 Å². The highest BCUT2D eigenvalue weighted by Gasteiger charge is 2.04. The lowest BCUT2D eigenvalue weighted by Crippen LogP contribution is -2.39. The van der Waals surface area contributed by atoms with E-state index >= 15 is 0 Å². The Kier molecular flexibility index (Phi) is 7.70. The van der Waals surface area contributed by atoms with Gasteiger partial charge >= 0.3 is 6.03 Å². The molecule has 2 aromatic carbocycles. The van der Waals surface area contributed by atoms with Gasteiger partial charge in [-0.3, -0.25) is 10.1 Å². The predicted molar refractivity (Wildman–Crippen MR) is 101 cm³/mol. The topological polar surface area (TPSA) is 115 Å². The molecule has 2 rings (SSSR count). The van der Waals surface area contributed by atoms with Gasteiger partial charge in [0, 0.05) is 30.9 Å². The molecule has 0 spiro atoms. The number of urea groups is 1. The van der Waals surface area contributed by atoms with E-state index in [1.54, 1.807) is 31.4 Å². The van der Waals surface area contributed by atoms with E-state index in [0.717, 1.165) is 5.69 Å². The Labute approximate surface area is 156 Å². The molecule has 0 aliphatic carbocycles. The van der Waals surface area contributed by atoms with Crippen LogP contribution in [0.25, 0.3) is 0 Å². The fraction of sp³-hybridized carbons (Fsp3) is 0.278. The molecule has 0 fully saturated rings. The van der Waals surface area contributed by atoms with Crippen LogP contribution in [0.2, 0.25) is 0 Å². The van der Waals surface area contributed by atoms with Crippen molar-refractivity contribution in [2.45, 2.75) is 0 Å². The molecule has 0 aliphatic heterocycles. The Morgan fingerprint density at radius 1 is 1.00 bits per heavy atom. The number of nitrogens with zero attached hydrogens (tertiary/aromatic N) is 1. The number of non-ortho nitro benzene ring substituents is 1. The van der Waals surface area contributed by atoms with Gasteiger partial charge in [-0.15, -0.1) is 0 Å². The van der Waals surface area contributed by atoms with Gasteiger partial charge < -0.3 is 25.4 Å². The highest BCUT2D eigenvalue weighted by molar-refractivity contribution is 5.73. The van der Waals surface area contributed by atoms with Crippen molar-refractivity contribution in [1.82, 2.24) is 10.6 Å². The average Bonchev–Trinajstić information content (AvgIpc) is 2.69. The summed E-state index contributed by atoms with van der Waals surface area (Å²) in [5, 5.41) is 19.0. The number of nitro benzene ring substituents is 1. The monoisotopic (exact) mass is 374 g/mol. The fourth-order valence-corrected chi connectivity index (χ4v) is 2.21. The number of carbonyl (C=O) groups excluding carboxylic acids is 1. The molecule has 27 heavy (non-hydrogen) atoms. The second-order valence-electron chi connectivity index (χ2n) is 5.41. The van der Waals surface area contributed by atoms with Crippen LogP contribution >= 0.6 is 0 Å². The number of methoxy groups -OCH3 is 1. The van der Waals surface area contributed by atoms with Crippen LogP contribution in [-0.2, 0) is 0 Å². The maximum atomic E-state index is 11.7. The first-order valence-electron chi connectivity index (χ1n) is 8.36. The minimum atomic E-state index is -0.451. The number of nitrogens with one attached hydrogen (secondary N) is 3. The summed E-state index contributed by atoms with van der Waals surface area (Å²) >= 11 is 0. The van der Waals surface area contributed by atoms with Crippen molar-refractivity contribution in [3.8, 4) is 11.5 Å². The predicted octanol–water partition coefficient (Wildman–Crippen LogP) is 2.39. The fourth-order valence-electron chi connectivity index (χ4n) is 2.21. The largest absolute Gasteiger partial charge is 0.493 e. The number of rotatable bonds is 10. The zero-order valence-electron chi connectivity index (χ0n) is 14.9. The van der Waals surface area contributed by atoms with E-state index in [9.17, 15) is 14.9 Å². The number of hydrogen-bond donors (Lipinski definition) is 3. The van der Waals surface area contributed by atoms with Crippen molar-refractivity contribution in [3.05, 3.63) is 58.6 Å². The molecular formula is C18H22N4O5. The third kappa shape index (κ3) is 6.73. The molecule has 2 aromatic rings. The normalized spacial score (nSPS) is 9.96. The zero-order chi connectivity index (χ0) is 19.5. The van der Waals surface area contributed by atoms with Crippen LogP contribution in [0.3, 0.4) is 0 Å². The molecule has 9 nitrogen and oxygen atoms in total. The van der Waals surface area contributed by atoms with Crippen molar-refractivity contribution >= 4 is 17.4 Å². The number of anilines is 1. The molecule has 0 saturated heterocycles.